The first-order valence-corrected chi connectivity index (χ1v) is 8.33. The van der Waals surface area contributed by atoms with E-state index < -0.39 is 10.0 Å². The Balaban J connectivity index is 2.32. The molecule has 1 aliphatic rings. The molecule has 2 heterocycles. The molecule has 0 bridgehead atoms. The molecule has 1 aromatic rings. The number of aryl methyl sites for hydroxylation is 1. The van der Waals surface area contributed by atoms with Crippen LogP contribution in [0.2, 0.25) is 0 Å². The molecule has 19 heavy (non-hydrogen) atoms. The zero-order chi connectivity index (χ0) is 14.2. The fourth-order valence-corrected chi connectivity index (χ4v) is 4.86. The third kappa shape index (κ3) is 2.81. The van der Waals surface area contributed by atoms with Gasteiger partial charge in [0.05, 0.1) is 4.99 Å². The van der Waals surface area contributed by atoms with E-state index in [4.69, 9.17) is 18.0 Å². The first kappa shape index (κ1) is 14.8. The van der Waals surface area contributed by atoms with Crippen molar-refractivity contribution in [3.05, 3.63) is 4.60 Å². The molecule has 2 rings (SSSR count). The van der Waals surface area contributed by atoms with Gasteiger partial charge < -0.3 is 5.73 Å². The number of halogens is 1. The highest BCUT2D eigenvalue weighted by molar-refractivity contribution is 9.10. The summed E-state index contributed by atoms with van der Waals surface area (Å²) in [6.07, 6.45) is 1.57. The standard InChI is InChI=1S/C9H14BrN5O2S2/c1-14-9(7(10)12-13-14)19(16,17)15-4-2-3-6(5-15)8(11)18/h6H,2-5H2,1H3,(H2,11,18). The number of thiocarbonyl (C=S) groups is 1. The normalized spacial score (nSPS) is 21.5. The first-order chi connectivity index (χ1) is 8.84. The summed E-state index contributed by atoms with van der Waals surface area (Å²) in [4.78, 5) is 0.363. The van der Waals surface area contributed by atoms with Crippen LogP contribution in [0.25, 0.3) is 0 Å². The van der Waals surface area contributed by atoms with Crippen molar-refractivity contribution in [2.24, 2.45) is 18.7 Å². The summed E-state index contributed by atoms with van der Waals surface area (Å²) in [5.41, 5.74) is 5.62. The molecule has 7 nitrogen and oxygen atoms in total. The summed E-state index contributed by atoms with van der Waals surface area (Å²) in [5, 5.41) is 7.45. The van der Waals surface area contributed by atoms with E-state index in [9.17, 15) is 8.42 Å². The highest BCUT2D eigenvalue weighted by atomic mass is 79.9. The summed E-state index contributed by atoms with van der Waals surface area (Å²) in [5.74, 6) is -0.0708. The predicted molar refractivity (Wildman–Crippen MR) is 77.0 cm³/mol. The average Bonchev–Trinajstić information content (AvgIpc) is 2.69. The van der Waals surface area contributed by atoms with Gasteiger partial charge in [0.15, 0.2) is 4.60 Å². The molecule has 0 spiro atoms. The van der Waals surface area contributed by atoms with Crippen LogP contribution in [0.15, 0.2) is 9.63 Å². The Kier molecular flexibility index (Phi) is 4.23. The Morgan fingerprint density at radius 2 is 2.26 bits per heavy atom. The lowest BCUT2D eigenvalue weighted by molar-refractivity contribution is 0.310. The van der Waals surface area contributed by atoms with Crippen molar-refractivity contribution in [3.8, 4) is 0 Å². The summed E-state index contributed by atoms with van der Waals surface area (Å²) in [6.45, 7) is 0.772. The van der Waals surface area contributed by atoms with E-state index in [0.29, 0.717) is 18.1 Å². The first-order valence-electron chi connectivity index (χ1n) is 5.68. The molecular formula is C9H14BrN5O2S2. The molecule has 10 heteroatoms. The van der Waals surface area contributed by atoms with Crippen molar-refractivity contribution in [1.29, 1.82) is 0 Å². The van der Waals surface area contributed by atoms with Gasteiger partial charge in [-0.25, -0.2) is 13.1 Å². The lowest BCUT2D eigenvalue weighted by Crippen LogP contribution is -2.44. The van der Waals surface area contributed by atoms with E-state index in [2.05, 4.69) is 26.2 Å². The van der Waals surface area contributed by atoms with Crippen LogP contribution >= 0.6 is 28.1 Å². The minimum Gasteiger partial charge on any atom is -0.393 e. The van der Waals surface area contributed by atoms with Crippen molar-refractivity contribution in [3.63, 3.8) is 0 Å². The molecule has 1 unspecified atom stereocenters. The van der Waals surface area contributed by atoms with Crippen LogP contribution in [0, 0.1) is 5.92 Å². The van der Waals surface area contributed by atoms with Gasteiger partial charge in [-0.15, -0.1) is 5.10 Å². The minimum atomic E-state index is -3.64. The molecule has 0 aliphatic carbocycles. The number of aromatic nitrogens is 3. The van der Waals surface area contributed by atoms with Crippen LogP contribution in [0.5, 0.6) is 0 Å². The maximum absolute atomic E-state index is 12.6. The Labute approximate surface area is 125 Å². The number of rotatable bonds is 3. The van der Waals surface area contributed by atoms with Crippen LogP contribution < -0.4 is 5.73 Å². The Bertz CT molecular complexity index is 580. The maximum Gasteiger partial charge on any atom is 0.263 e. The van der Waals surface area contributed by atoms with Gasteiger partial charge in [-0.1, -0.05) is 17.4 Å². The number of nitrogens with two attached hydrogens (primary N) is 1. The Morgan fingerprint density at radius 1 is 1.58 bits per heavy atom. The molecule has 0 aromatic carbocycles. The van der Waals surface area contributed by atoms with Gasteiger partial charge in [0.25, 0.3) is 10.0 Å². The zero-order valence-corrected chi connectivity index (χ0v) is 13.5. The second kappa shape index (κ2) is 5.43. The summed E-state index contributed by atoms with van der Waals surface area (Å²) >= 11 is 8.07. The highest BCUT2D eigenvalue weighted by Crippen LogP contribution is 2.26. The van der Waals surface area contributed by atoms with E-state index in [0.717, 1.165) is 12.8 Å². The van der Waals surface area contributed by atoms with Crippen LogP contribution in [-0.2, 0) is 17.1 Å². The fourth-order valence-electron chi connectivity index (χ4n) is 2.11. The van der Waals surface area contributed by atoms with E-state index in [1.165, 1.54) is 8.99 Å². The smallest absolute Gasteiger partial charge is 0.263 e. The second-order valence-corrected chi connectivity index (χ2v) is 7.49. The molecule has 1 saturated heterocycles. The predicted octanol–water partition coefficient (Wildman–Crippen LogP) is 0.264. The van der Waals surface area contributed by atoms with Gasteiger partial charge in [-0.3, -0.25) is 0 Å². The third-order valence-corrected chi connectivity index (χ3v) is 6.20. The van der Waals surface area contributed by atoms with Crippen LogP contribution in [0.1, 0.15) is 12.8 Å². The molecule has 0 amide bonds. The third-order valence-electron chi connectivity index (χ3n) is 3.11. The van der Waals surface area contributed by atoms with Gasteiger partial charge in [0.2, 0.25) is 5.03 Å². The minimum absolute atomic E-state index is 0.0519. The van der Waals surface area contributed by atoms with Gasteiger partial charge in [0.1, 0.15) is 0 Å². The highest BCUT2D eigenvalue weighted by Gasteiger charge is 2.35. The lowest BCUT2D eigenvalue weighted by Gasteiger charge is -2.31. The molecule has 2 N–H and O–H groups in total. The van der Waals surface area contributed by atoms with Crippen molar-refractivity contribution in [2.75, 3.05) is 13.1 Å². The monoisotopic (exact) mass is 367 g/mol. The SMILES string of the molecule is Cn1nnc(Br)c1S(=O)(=O)N1CCCC(C(N)=S)C1. The molecule has 1 fully saturated rings. The van der Waals surface area contributed by atoms with Crippen molar-refractivity contribution in [1.82, 2.24) is 19.3 Å². The van der Waals surface area contributed by atoms with Crippen molar-refractivity contribution < 1.29 is 8.42 Å². The van der Waals surface area contributed by atoms with Crippen LogP contribution in [-0.4, -0.2) is 45.8 Å². The maximum atomic E-state index is 12.6. The number of hydrogen-bond donors (Lipinski definition) is 1. The van der Waals surface area contributed by atoms with E-state index in [-0.39, 0.29) is 15.5 Å². The zero-order valence-electron chi connectivity index (χ0n) is 10.3. The molecule has 0 saturated carbocycles. The van der Waals surface area contributed by atoms with Crippen molar-refractivity contribution in [2.45, 2.75) is 17.9 Å². The summed E-state index contributed by atoms with van der Waals surface area (Å²) in [7, 11) is -2.10. The van der Waals surface area contributed by atoms with Crippen LogP contribution in [0.3, 0.4) is 0 Å². The molecule has 1 aliphatic heterocycles. The molecule has 1 aromatic heterocycles. The van der Waals surface area contributed by atoms with Gasteiger partial charge in [0, 0.05) is 26.1 Å². The van der Waals surface area contributed by atoms with E-state index >= 15 is 0 Å². The average molecular weight is 368 g/mol. The van der Waals surface area contributed by atoms with E-state index in [1.807, 2.05) is 0 Å². The number of nitrogens with zero attached hydrogens (tertiary/aromatic N) is 4. The van der Waals surface area contributed by atoms with Gasteiger partial charge in [-0.2, -0.15) is 4.31 Å². The largest absolute Gasteiger partial charge is 0.393 e. The second-order valence-electron chi connectivity index (χ2n) is 4.41. The molecule has 0 radical (unpaired) electrons. The molecular weight excluding hydrogens is 354 g/mol. The molecule has 106 valence electrons. The topological polar surface area (TPSA) is 94.1 Å². The van der Waals surface area contributed by atoms with Gasteiger partial charge in [-0.05, 0) is 28.8 Å². The number of sulfonamides is 1. The number of piperidine rings is 1. The van der Waals surface area contributed by atoms with E-state index in [1.54, 1.807) is 7.05 Å². The number of hydrogen-bond acceptors (Lipinski definition) is 5. The summed E-state index contributed by atoms with van der Waals surface area (Å²) in [6, 6.07) is 0. The Hall–Kier alpha value is -0.580. The van der Waals surface area contributed by atoms with Gasteiger partial charge >= 0.3 is 0 Å². The van der Waals surface area contributed by atoms with Crippen molar-refractivity contribution >= 4 is 43.2 Å². The quantitative estimate of drug-likeness (QED) is 0.770. The lowest BCUT2D eigenvalue weighted by atomic mass is 10.0. The molecule has 1 atom stereocenters. The Morgan fingerprint density at radius 3 is 2.79 bits per heavy atom. The summed E-state index contributed by atoms with van der Waals surface area (Å²) < 4.78 is 28.0. The van der Waals surface area contributed by atoms with Crippen LogP contribution in [0.4, 0.5) is 0 Å². The fraction of sp³-hybridized carbons (Fsp3) is 0.667.